The second kappa shape index (κ2) is 5.88. The van der Waals surface area contributed by atoms with Crippen LogP contribution in [0.25, 0.3) is 0 Å². The van der Waals surface area contributed by atoms with Crippen molar-refractivity contribution in [2.24, 2.45) is 11.7 Å². The molecule has 1 rings (SSSR count). The minimum absolute atomic E-state index is 0.217. The molecule has 0 aliphatic carbocycles. The Labute approximate surface area is 91.9 Å². The van der Waals surface area contributed by atoms with E-state index >= 15 is 0 Å². The van der Waals surface area contributed by atoms with Gasteiger partial charge in [-0.25, -0.2) is 4.98 Å². The number of nitrogens with zero attached hydrogens (tertiary/aromatic N) is 2. The molecule has 0 spiro atoms. The number of hydrogen-bond acceptors (Lipinski definition) is 3. The quantitative estimate of drug-likeness (QED) is 0.740. The molecule has 0 aliphatic heterocycles. The van der Waals surface area contributed by atoms with Crippen LogP contribution in [0, 0.1) is 5.92 Å². The molecule has 0 aliphatic rings. The molecule has 0 amide bonds. The normalized spacial score (nSPS) is 13.4. The summed E-state index contributed by atoms with van der Waals surface area (Å²) < 4.78 is 2.13. The average molecular weight is 210 g/mol. The fourth-order valence-corrected chi connectivity index (χ4v) is 1.57. The van der Waals surface area contributed by atoms with Gasteiger partial charge in [0.1, 0.15) is 0 Å². The maximum absolute atomic E-state index is 5.77. The number of imidazole rings is 1. The first kappa shape index (κ1) is 12.2. The van der Waals surface area contributed by atoms with Crippen molar-refractivity contribution in [3.8, 4) is 0 Å². The maximum Gasteiger partial charge on any atom is 0.0948 e. The van der Waals surface area contributed by atoms with E-state index in [1.54, 1.807) is 0 Å². The van der Waals surface area contributed by atoms with Gasteiger partial charge >= 0.3 is 0 Å². The van der Waals surface area contributed by atoms with Gasteiger partial charge in [-0.3, -0.25) is 0 Å². The predicted octanol–water partition coefficient (Wildman–Crippen LogP) is 1.15. The van der Waals surface area contributed by atoms with Crippen molar-refractivity contribution >= 4 is 0 Å². The van der Waals surface area contributed by atoms with Crippen LogP contribution in [0.1, 0.15) is 32.5 Å². The molecule has 86 valence electrons. The van der Waals surface area contributed by atoms with Crippen molar-refractivity contribution in [2.45, 2.75) is 33.4 Å². The Balaban J connectivity index is 2.65. The molecule has 1 aromatic rings. The third kappa shape index (κ3) is 3.32. The first-order chi connectivity index (χ1) is 7.19. The lowest BCUT2D eigenvalue weighted by molar-refractivity contribution is 0.459. The van der Waals surface area contributed by atoms with E-state index in [1.165, 1.54) is 5.69 Å². The van der Waals surface area contributed by atoms with Crippen LogP contribution in [-0.4, -0.2) is 22.6 Å². The van der Waals surface area contributed by atoms with Gasteiger partial charge in [0.05, 0.1) is 18.1 Å². The van der Waals surface area contributed by atoms with Gasteiger partial charge in [-0.15, -0.1) is 0 Å². The molecule has 1 atom stereocenters. The van der Waals surface area contributed by atoms with Gasteiger partial charge in [0, 0.05) is 19.3 Å². The number of hydrogen-bond donors (Lipinski definition) is 2. The zero-order chi connectivity index (χ0) is 11.3. The Morgan fingerprint density at radius 2 is 2.27 bits per heavy atom. The van der Waals surface area contributed by atoms with E-state index in [4.69, 9.17) is 5.73 Å². The Bertz CT molecular complexity index is 280. The van der Waals surface area contributed by atoms with Crippen LogP contribution >= 0.6 is 0 Å². The van der Waals surface area contributed by atoms with Crippen molar-refractivity contribution in [3.05, 3.63) is 18.2 Å². The average Bonchev–Trinajstić information content (AvgIpc) is 2.66. The summed E-state index contributed by atoms with van der Waals surface area (Å²) >= 11 is 0. The van der Waals surface area contributed by atoms with Crippen molar-refractivity contribution in [1.29, 1.82) is 0 Å². The lowest BCUT2D eigenvalue weighted by atomic mass is 10.1. The lowest BCUT2D eigenvalue weighted by Gasteiger charge is -2.19. The molecule has 4 heteroatoms. The number of aromatic nitrogens is 2. The second-order valence-electron chi connectivity index (χ2n) is 4.19. The highest BCUT2D eigenvalue weighted by molar-refractivity contribution is 5.05. The van der Waals surface area contributed by atoms with Crippen LogP contribution in [0.4, 0.5) is 0 Å². The van der Waals surface area contributed by atoms with Gasteiger partial charge in [-0.1, -0.05) is 13.8 Å². The second-order valence-corrected chi connectivity index (χ2v) is 4.19. The summed E-state index contributed by atoms with van der Waals surface area (Å²) in [7, 11) is 0. The molecule has 3 N–H and O–H groups in total. The number of nitrogens with one attached hydrogen (secondary N) is 1. The van der Waals surface area contributed by atoms with E-state index in [0.29, 0.717) is 12.5 Å². The molecule has 1 unspecified atom stereocenters. The molecule has 15 heavy (non-hydrogen) atoms. The smallest absolute Gasteiger partial charge is 0.0948 e. The fraction of sp³-hybridized carbons (Fsp3) is 0.727. The van der Waals surface area contributed by atoms with E-state index < -0.39 is 0 Å². The van der Waals surface area contributed by atoms with E-state index in [1.807, 2.05) is 12.5 Å². The summed E-state index contributed by atoms with van der Waals surface area (Å²) in [6.07, 6.45) is 3.75. The van der Waals surface area contributed by atoms with Crippen molar-refractivity contribution in [1.82, 2.24) is 14.9 Å². The number of nitrogens with two attached hydrogens (primary N) is 1. The fourth-order valence-electron chi connectivity index (χ4n) is 1.57. The standard InChI is InChI=1S/C11H22N4/c1-4-15-8-13-7-11(15)10(5-12)14-6-9(2)3/h7-10,14H,4-6,12H2,1-3H3. The van der Waals surface area contributed by atoms with Crippen LogP contribution in [0.15, 0.2) is 12.5 Å². The minimum atomic E-state index is 0.217. The molecule has 1 aromatic heterocycles. The maximum atomic E-state index is 5.77. The van der Waals surface area contributed by atoms with E-state index in [-0.39, 0.29) is 6.04 Å². The summed E-state index contributed by atoms with van der Waals surface area (Å²) in [6.45, 7) is 9.03. The monoisotopic (exact) mass is 210 g/mol. The number of rotatable bonds is 6. The third-order valence-electron chi connectivity index (χ3n) is 2.45. The van der Waals surface area contributed by atoms with E-state index in [0.717, 1.165) is 13.1 Å². The predicted molar refractivity (Wildman–Crippen MR) is 62.5 cm³/mol. The molecule has 0 saturated carbocycles. The highest BCUT2D eigenvalue weighted by atomic mass is 15.1. The van der Waals surface area contributed by atoms with Crippen LogP contribution in [0.2, 0.25) is 0 Å². The van der Waals surface area contributed by atoms with Gasteiger partial charge in [0.15, 0.2) is 0 Å². The Morgan fingerprint density at radius 3 is 2.80 bits per heavy atom. The van der Waals surface area contributed by atoms with Crippen LogP contribution < -0.4 is 11.1 Å². The van der Waals surface area contributed by atoms with E-state index in [2.05, 4.69) is 35.6 Å². The zero-order valence-corrected chi connectivity index (χ0v) is 9.90. The van der Waals surface area contributed by atoms with Crippen LogP contribution in [0.3, 0.4) is 0 Å². The topological polar surface area (TPSA) is 55.9 Å². The van der Waals surface area contributed by atoms with Gasteiger partial charge in [0.2, 0.25) is 0 Å². The van der Waals surface area contributed by atoms with E-state index in [9.17, 15) is 0 Å². The highest BCUT2D eigenvalue weighted by Gasteiger charge is 2.13. The molecule has 0 bridgehead atoms. The van der Waals surface area contributed by atoms with Gasteiger partial charge in [-0.05, 0) is 19.4 Å². The summed E-state index contributed by atoms with van der Waals surface area (Å²) in [5.41, 5.74) is 6.95. The molecule has 1 heterocycles. The molecule has 0 aromatic carbocycles. The van der Waals surface area contributed by atoms with Crippen molar-refractivity contribution in [2.75, 3.05) is 13.1 Å². The summed E-state index contributed by atoms with van der Waals surface area (Å²) in [6, 6.07) is 0.217. The molecular formula is C11H22N4. The SMILES string of the molecule is CCn1cncc1C(CN)NCC(C)C. The number of aryl methyl sites for hydroxylation is 1. The van der Waals surface area contributed by atoms with Crippen LogP contribution in [0.5, 0.6) is 0 Å². The molecule has 0 fully saturated rings. The van der Waals surface area contributed by atoms with Crippen LogP contribution in [-0.2, 0) is 6.54 Å². The first-order valence-electron chi connectivity index (χ1n) is 5.62. The van der Waals surface area contributed by atoms with Gasteiger partial charge in [-0.2, -0.15) is 0 Å². The van der Waals surface area contributed by atoms with Gasteiger partial charge < -0.3 is 15.6 Å². The Kier molecular flexibility index (Phi) is 4.78. The zero-order valence-electron chi connectivity index (χ0n) is 9.90. The third-order valence-corrected chi connectivity index (χ3v) is 2.45. The van der Waals surface area contributed by atoms with Gasteiger partial charge in [0.25, 0.3) is 0 Å². The highest BCUT2D eigenvalue weighted by Crippen LogP contribution is 2.11. The first-order valence-corrected chi connectivity index (χ1v) is 5.62. The Hall–Kier alpha value is -0.870. The molecule has 0 radical (unpaired) electrons. The Morgan fingerprint density at radius 1 is 1.53 bits per heavy atom. The molecular weight excluding hydrogens is 188 g/mol. The largest absolute Gasteiger partial charge is 0.333 e. The van der Waals surface area contributed by atoms with Crippen molar-refractivity contribution in [3.63, 3.8) is 0 Å². The molecule has 0 saturated heterocycles. The van der Waals surface area contributed by atoms with Crippen molar-refractivity contribution < 1.29 is 0 Å². The summed E-state index contributed by atoms with van der Waals surface area (Å²) in [5, 5.41) is 3.46. The minimum Gasteiger partial charge on any atom is -0.333 e. The lowest BCUT2D eigenvalue weighted by Crippen LogP contribution is -2.32. The summed E-state index contributed by atoms with van der Waals surface area (Å²) in [5.74, 6) is 0.636. The molecule has 4 nitrogen and oxygen atoms in total. The summed E-state index contributed by atoms with van der Waals surface area (Å²) in [4.78, 5) is 4.16.